The van der Waals surface area contributed by atoms with Gasteiger partial charge in [-0.1, -0.05) is 0 Å². The molecular formula is C14H18N4O4. The lowest BCUT2D eigenvalue weighted by Gasteiger charge is -2.27. The number of nitrogens with one attached hydrogen (secondary N) is 2. The molecule has 2 aromatic rings. The average molecular weight is 306 g/mol. The first kappa shape index (κ1) is 15.7. The van der Waals surface area contributed by atoms with Crippen LogP contribution in [-0.2, 0) is 0 Å². The van der Waals surface area contributed by atoms with Gasteiger partial charge in [0.05, 0.1) is 11.8 Å². The van der Waals surface area contributed by atoms with E-state index >= 15 is 0 Å². The predicted octanol–water partition coefficient (Wildman–Crippen LogP) is 2.54. The molecule has 22 heavy (non-hydrogen) atoms. The van der Waals surface area contributed by atoms with Gasteiger partial charge in [0.1, 0.15) is 0 Å². The van der Waals surface area contributed by atoms with E-state index in [9.17, 15) is 20.2 Å². The van der Waals surface area contributed by atoms with Crippen LogP contribution in [0.25, 0.3) is 0 Å². The molecule has 0 aliphatic rings. The fourth-order valence-electron chi connectivity index (χ4n) is 2.87. The Labute approximate surface area is 126 Å². The van der Waals surface area contributed by atoms with E-state index in [1.165, 1.54) is 13.8 Å². The summed E-state index contributed by atoms with van der Waals surface area (Å²) in [5, 5.41) is 22.6. The summed E-state index contributed by atoms with van der Waals surface area (Å²) >= 11 is 0. The molecular weight excluding hydrogens is 288 g/mol. The van der Waals surface area contributed by atoms with Crippen molar-refractivity contribution in [1.82, 2.24) is 9.97 Å². The molecule has 0 aliphatic carbocycles. The molecule has 0 radical (unpaired) electrons. The van der Waals surface area contributed by atoms with Crippen molar-refractivity contribution in [3.05, 3.63) is 68.3 Å². The third kappa shape index (κ3) is 3.00. The van der Waals surface area contributed by atoms with Crippen LogP contribution < -0.4 is 0 Å². The Balaban J connectivity index is 2.53. The van der Waals surface area contributed by atoms with E-state index in [-0.39, 0.29) is 0 Å². The highest BCUT2D eigenvalue weighted by molar-refractivity contribution is 5.23. The highest BCUT2D eigenvalue weighted by Crippen LogP contribution is 2.38. The number of nitrogens with zero attached hydrogens (tertiary/aromatic N) is 2. The summed E-state index contributed by atoms with van der Waals surface area (Å²) in [5.74, 6) is -1.27. The predicted molar refractivity (Wildman–Crippen MR) is 80.0 cm³/mol. The highest BCUT2D eigenvalue weighted by atomic mass is 16.6. The van der Waals surface area contributed by atoms with E-state index < -0.39 is 33.8 Å². The zero-order valence-electron chi connectivity index (χ0n) is 12.3. The van der Waals surface area contributed by atoms with Crippen LogP contribution in [0.5, 0.6) is 0 Å². The Bertz CT molecular complexity index is 567. The van der Waals surface area contributed by atoms with Crippen molar-refractivity contribution in [2.45, 2.75) is 37.8 Å². The molecule has 0 amide bonds. The lowest BCUT2D eigenvalue weighted by molar-refractivity contribution is -0.540. The first-order valence-electron chi connectivity index (χ1n) is 6.97. The number of aromatic nitrogens is 2. The van der Waals surface area contributed by atoms with Crippen LogP contribution in [0.3, 0.4) is 0 Å². The maximum absolute atomic E-state index is 11.3. The number of hydrogen-bond acceptors (Lipinski definition) is 4. The van der Waals surface area contributed by atoms with Gasteiger partial charge in [-0.05, 0) is 24.3 Å². The van der Waals surface area contributed by atoms with Crippen molar-refractivity contribution in [2.24, 2.45) is 0 Å². The molecule has 4 unspecified atom stereocenters. The molecule has 2 rings (SSSR count). The molecule has 8 heteroatoms. The number of nitro groups is 2. The summed E-state index contributed by atoms with van der Waals surface area (Å²) in [4.78, 5) is 27.8. The van der Waals surface area contributed by atoms with Crippen LogP contribution in [0.15, 0.2) is 36.7 Å². The Hall–Kier alpha value is -2.64. The van der Waals surface area contributed by atoms with E-state index in [0.717, 1.165) is 0 Å². The molecule has 0 aromatic carbocycles. The molecule has 2 aromatic heterocycles. The van der Waals surface area contributed by atoms with Crippen molar-refractivity contribution in [1.29, 1.82) is 0 Å². The van der Waals surface area contributed by atoms with Gasteiger partial charge in [0.25, 0.3) is 0 Å². The number of H-pyrrole nitrogens is 2. The van der Waals surface area contributed by atoms with Gasteiger partial charge in [-0.25, -0.2) is 0 Å². The largest absolute Gasteiger partial charge is 0.365 e. The van der Waals surface area contributed by atoms with Crippen LogP contribution in [0.1, 0.15) is 37.1 Å². The number of rotatable bonds is 7. The van der Waals surface area contributed by atoms with Gasteiger partial charge in [0, 0.05) is 47.5 Å². The second kappa shape index (κ2) is 6.42. The van der Waals surface area contributed by atoms with Crippen molar-refractivity contribution >= 4 is 0 Å². The average Bonchev–Trinajstić information content (AvgIpc) is 3.15. The minimum Gasteiger partial charge on any atom is -0.365 e. The third-order valence-electron chi connectivity index (χ3n) is 4.05. The Morgan fingerprint density at radius 1 is 0.864 bits per heavy atom. The van der Waals surface area contributed by atoms with Crippen LogP contribution in [0, 0.1) is 20.2 Å². The molecule has 118 valence electrons. The zero-order chi connectivity index (χ0) is 16.3. The smallest absolute Gasteiger partial charge is 0.219 e. The maximum atomic E-state index is 11.3. The van der Waals surface area contributed by atoms with E-state index in [4.69, 9.17) is 0 Å². The van der Waals surface area contributed by atoms with Crippen molar-refractivity contribution in [2.75, 3.05) is 0 Å². The third-order valence-corrected chi connectivity index (χ3v) is 4.05. The monoisotopic (exact) mass is 306 g/mol. The summed E-state index contributed by atoms with van der Waals surface area (Å²) in [6.07, 6.45) is 3.33. The lowest BCUT2D eigenvalue weighted by atomic mass is 9.78. The number of hydrogen-bond donors (Lipinski definition) is 2. The molecule has 2 heterocycles. The van der Waals surface area contributed by atoms with Crippen molar-refractivity contribution in [3.8, 4) is 0 Å². The minimum atomic E-state index is -0.964. The van der Waals surface area contributed by atoms with Gasteiger partial charge < -0.3 is 9.97 Å². The van der Waals surface area contributed by atoms with E-state index in [1.54, 1.807) is 36.7 Å². The van der Waals surface area contributed by atoms with Gasteiger partial charge in [-0.3, -0.25) is 20.2 Å². The van der Waals surface area contributed by atoms with Crippen LogP contribution in [-0.4, -0.2) is 31.9 Å². The van der Waals surface area contributed by atoms with Gasteiger partial charge in [0.2, 0.25) is 12.1 Å². The van der Waals surface area contributed by atoms with Crippen molar-refractivity contribution in [3.63, 3.8) is 0 Å². The molecule has 0 bridgehead atoms. The molecule has 0 spiro atoms. The fourth-order valence-corrected chi connectivity index (χ4v) is 2.87. The second-order valence-corrected chi connectivity index (χ2v) is 5.35. The Morgan fingerprint density at radius 3 is 1.45 bits per heavy atom. The van der Waals surface area contributed by atoms with Gasteiger partial charge in [0.15, 0.2) is 0 Å². The number of aromatic amines is 2. The van der Waals surface area contributed by atoms with E-state index in [0.29, 0.717) is 11.4 Å². The highest BCUT2D eigenvalue weighted by Gasteiger charge is 2.44. The summed E-state index contributed by atoms with van der Waals surface area (Å²) in [6, 6.07) is 5.00. The lowest BCUT2D eigenvalue weighted by Crippen LogP contribution is -2.37. The molecule has 8 nitrogen and oxygen atoms in total. The fraction of sp³-hybridized carbons (Fsp3) is 0.429. The maximum Gasteiger partial charge on any atom is 0.219 e. The zero-order valence-corrected chi connectivity index (χ0v) is 12.3. The van der Waals surface area contributed by atoms with Gasteiger partial charge >= 0.3 is 0 Å². The molecule has 2 N–H and O–H groups in total. The van der Waals surface area contributed by atoms with E-state index in [2.05, 4.69) is 9.97 Å². The van der Waals surface area contributed by atoms with Crippen molar-refractivity contribution < 1.29 is 9.85 Å². The second-order valence-electron chi connectivity index (χ2n) is 5.35. The Kier molecular flexibility index (Phi) is 4.59. The summed E-state index contributed by atoms with van der Waals surface area (Å²) in [7, 11) is 0. The van der Waals surface area contributed by atoms with Gasteiger partial charge in [-0.15, -0.1) is 0 Å². The molecule has 0 aliphatic heterocycles. The SMILES string of the molecule is CC(C(c1ccc[nH]1)C(c1ccc[nH]1)C(C)[N+](=O)[O-])[N+](=O)[O-]. The molecule has 4 atom stereocenters. The summed E-state index contributed by atoms with van der Waals surface area (Å²) < 4.78 is 0. The molecule has 0 saturated heterocycles. The quantitative estimate of drug-likeness (QED) is 0.603. The van der Waals surface area contributed by atoms with E-state index in [1.807, 2.05) is 0 Å². The standard InChI is InChI=1S/C14H18N4O4/c1-9(17(19)20)13(11-5-3-7-15-11)14(10(2)18(21)22)12-6-4-8-16-12/h3-10,13-16H,1-2H3. The normalized spacial score (nSPS) is 16.6. The van der Waals surface area contributed by atoms with Crippen LogP contribution in [0.4, 0.5) is 0 Å². The first-order chi connectivity index (χ1) is 10.4. The first-order valence-corrected chi connectivity index (χ1v) is 6.97. The molecule has 0 fully saturated rings. The van der Waals surface area contributed by atoms with Crippen LogP contribution >= 0.6 is 0 Å². The topological polar surface area (TPSA) is 118 Å². The Morgan fingerprint density at radius 2 is 1.23 bits per heavy atom. The van der Waals surface area contributed by atoms with Gasteiger partial charge in [-0.2, -0.15) is 0 Å². The summed E-state index contributed by atoms with van der Waals surface area (Å²) in [6.45, 7) is 2.96. The van der Waals surface area contributed by atoms with Crippen LogP contribution in [0.2, 0.25) is 0 Å². The minimum absolute atomic E-state index is 0.395. The molecule has 0 saturated carbocycles. The summed E-state index contributed by atoms with van der Waals surface area (Å²) in [5.41, 5.74) is 1.25.